The van der Waals surface area contributed by atoms with Crippen molar-refractivity contribution in [1.29, 1.82) is 0 Å². The van der Waals surface area contributed by atoms with Gasteiger partial charge in [-0.3, -0.25) is 4.68 Å². The minimum Gasteiger partial charge on any atom is -0.356 e. The fourth-order valence-electron chi connectivity index (χ4n) is 1.53. The molecule has 0 aromatic carbocycles. The quantitative estimate of drug-likeness (QED) is 0.805. The van der Waals surface area contributed by atoms with E-state index in [-0.39, 0.29) is 0 Å². The van der Waals surface area contributed by atoms with E-state index in [0.29, 0.717) is 0 Å². The van der Waals surface area contributed by atoms with Gasteiger partial charge in [-0.1, -0.05) is 0 Å². The predicted octanol–water partition coefficient (Wildman–Crippen LogP) is 0.686. The Morgan fingerprint density at radius 2 is 2.25 bits per heavy atom. The molecule has 0 bridgehead atoms. The van der Waals surface area contributed by atoms with Crippen molar-refractivity contribution < 1.29 is 0 Å². The highest BCUT2D eigenvalue weighted by Crippen LogP contribution is 2.05. The highest BCUT2D eigenvalue weighted by Gasteiger charge is 2.03. The van der Waals surface area contributed by atoms with Crippen LogP contribution in [0, 0.1) is 0 Å². The molecule has 0 radical (unpaired) electrons. The van der Waals surface area contributed by atoms with Crippen molar-refractivity contribution in [3.8, 4) is 0 Å². The van der Waals surface area contributed by atoms with Crippen LogP contribution in [-0.4, -0.2) is 30.9 Å². The molecule has 0 saturated heterocycles. The van der Waals surface area contributed by atoms with Crippen LogP contribution in [0.3, 0.4) is 0 Å². The van der Waals surface area contributed by atoms with Crippen LogP contribution in [0.4, 0.5) is 5.95 Å². The fourth-order valence-corrected chi connectivity index (χ4v) is 1.53. The maximum Gasteiger partial charge on any atom is 0.202 e. The Kier molecular flexibility index (Phi) is 3.19. The molecule has 6 heteroatoms. The molecule has 1 N–H and O–H groups in total. The third-order valence-electron chi connectivity index (χ3n) is 2.27. The summed E-state index contributed by atoms with van der Waals surface area (Å²) in [6, 6.07) is 0. The molecule has 2 aromatic rings. The summed E-state index contributed by atoms with van der Waals surface area (Å²) in [5.41, 5.74) is 0. The number of rotatable bonds is 5. The summed E-state index contributed by atoms with van der Waals surface area (Å²) < 4.78 is 3.79. The van der Waals surface area contributed by atoms with Gasteiger partial charge in [-0.05, 0) is 6.92 Å². The number of imidazole rings is 1. The van der Waals surface area contributed by atoms with Gasteiger partial charge in [0.2, 0.25) is 5.95 Å². The molecule has 16 heavy (non-hydrogen) atoms. The summed E-state index contributed by atoms with van der Waals surface area (Å²) in [5, 5.41) is 7.44. The Balaban J connectivity index is 1.96. The number of nitrogens with zero attached hydrogens (tertiary/aromatic N) is 5. The minimum absolute atomic E-state index is 0.815. The molecule has 2 aromatic heterocycles. The second-order valence-corrected chi connectivity index (χ2v) is 3.56. The topological polar surface area (TPSA) is 60.6 Å². The molecular weight excluding hydrogens is 204 g/mol. The molecule has 0 spiro atoms. The van der Waals surface area contributed by atoms with E-state index in [9.17, 15) is 0 Å². The Bertz CT molecular complexity index is 444. The summed E-state index contributed by atoms with van der Waals surface area (Å²) in [7, 11) is 1.87. The van der Waals surface area contributed by atoms with Crippen molar-refractivity contribution in [2.75, 3.05) is 11.9 Å². The summed E-state index contributed by atoms with van der Waals surface area (Å²) in [6.07, 6.45) is 6.29. The van der Waals surface area contributed by atoms with Crippen molar-refractivity contribution in [3.05, 3.63) is 24.5 Å². The van der Waals surface area contributed by atoms with Gasteiger partial charge in [0.1, 0.15) is 6.33 Å². The van der Waals surface area contributed by atoms with E-state index in [1.54, 1.807) is 17.2 Å². The Hall–Kier alpha value is -1.85. The minimum atomic E-state index is 0.815. The lowest BCUT2D eigenvalue weighted by atomic mass is 10.4. The highest BCUT2D eigenvalue weighted by molar-refractivity contribution is 5.25. The molecule has 0 unspecified atom stereocenters. The first kappa shape index (κ1) is 10.7. The van der Waals surface area contributed by atoms with Crippen LogP contribution in [0.2, 0.25) is 0 Å². The average Bonchev–Trinajstić information content (AvgIpc) is 2.85. The number of aryl methyl sites for hydroxylation is 3. The third-order valence-corrected chi connectivity index (χ3v) is 2.27. The summed E-state index contributed by atoms with van der Waals surface area (Å²) >= 11 is 0. The van der Waals surface area contributed by atoms with Crippen LogP contribution in [0.1, 0.15) is 12.7 Å². The number of anilines is 1. The summed E-state index contributed by atoms with van der Waals surface area (Å²) in [4.78, 5) is 8.42. The third kappa shape index (κ3) is 2.39. The van der Waals surface area contributed by atoms with Crippen LogP contribution in [0.15, 0.2) is 18.7 Å². The van der Waals surface area contributed by atoms with E-state index in [4.69, 9.17) is 0 Å². The lowest BCUT2D eigenvalue weighted by Gasteiger charge is -2.06. The molecule has 0 amide bonds. The van der Waals surface area contributed by atoms with Gasteiger partial charge in [-0.15, -0.1) is 0 Å². The van der Waals surface area contributed by atoms with Crippen LogP contribution in [0.5, 0.6) is 0 Å². The van der Waals surface area contributed by atoms with Crippen LogP contribution >= 0.6 is 0 Å². The molecule has 0 fully saturated rings. The van der Waals surface area contributed by atoms with Gasteiger partial charge < -0.3 is 9.88 Å². The second-order valence-electron chi connectivity index (χ2n) is 3.56. The Morgan fingerprint density at radius 3 is 2.94 bits per heavy atom. The fraction of sp³-hybridized carbons (Fsp3) is 0.500. The molecule has 86 valence electrons. The zero-order valence-corrected chi connectivity index (χ0v) is 9.59. The van der Waals surface area contributed by atoms with E-state index in [1.165, 1.54) is 0 Å². The number of nitrogens with one attached hydrogen (secondary N) is 1. The first-order valence-electron chi connectivity index (χ1n) is 5.39. The smallest absolute Gasteiger partial charge is 0.202 e. The van der Waals surface area contributed by atoms with Gasteiger partial charge in [0.05, 0.1) is 0 Å². The largest absolute Gasteiger partial charge is 0.356 e. The molecule has 6 nitrogen and oxygen atoms in total. The van der Waals surface area contributed by atoms with Crippen molar-refractivity contribution in [3.63, 3.8) is 0 Å². The van der Waals surface area contributed by atoms with Crippen LogP contribution in [0.25, 0.3) is 0 Å². The van der Waals surface area contributed by atoms with Crippen molar-refractivity contribution >= 4 is 5.95 Å². The zero-order valence-electron chi connectivity index (χ0n) is 9.59. The molecule has 0 saturated carbocycles. The molecule has 2 heterocycles. The van der Waals surface area contributed by atoms with Gasteiger partial charge in [-0.25, -0.2) is 9.97 Å². The zero-order chi connectivity index (χ0) is 11.4. The van der Waals surface area contributed by atoms with Gasteiger partial charge in [-0.2, -0.15) is 5.10 Å². The molecule has 0 aliphatic rings. The second kappa shape index (κ2) is 4.78. The van der Waals surface area contributed by atoms with Gasteiger partial charge in [0.25, 0.3) is 0 Å². The van der Waals surface area contributed by atoms with Gasteiger partial charge in [0, 0.05) is 39.0 Å². The van der Waals surface area contributed by atoms with Crippen molar-refractivity contribution in [2.45, 2.75) is 19.9 Å². The van der Waals surface area contributed by atoms with Gasteiger partial charge in [0.15, 0.2) is 5.82 Å². The maximum absolute atomic E-state index is 4.24. The maximum atomic E-state index is 4.24. The van der Waals surface area contributed by atoms with E-state index in [0.717, 1.165) is 31.3 Å². The molecule has 0 aliphatic carbocycles. The standard InChI is InChI=1S/C10H16N6/c1-3-11-10-12-5-7-16(10)6-4-9-13-8-15(2)14-9/h5,7-8H,3-4,6H2,1-2H3,(H,11,12). The number of hydrogen-bond acceptors (Lipinski definition) is 4. The number of hydrogen-bond donors (Lipinski definition) is 1. The average molecular weight is 220 g/mol. The Morgan fingerprint density at radius 1 is 1.38 bits per heavy atom. The van der Waals surface area contributed by atoms with E-state index in [1.807, 2.05) is 13.2 Å². The Labute approximate surface area is 94.3 Å². The monoisotopic (exact) mass is 220 g/mol. The summed E-state index contributed by atoms with van der Waals surface area (Å²) in [6.45, 7) is 3.77. The first-order valence-corrected chi connectivity index (χ1v) is 5.39. The summed E-state index contributed by atoms with van der Waals surface area (Å²) in [5.74, 6) is 1.76. The predicted molar refractivity (Wildman–Crippen MR) is 61.1 cm³/mol. The molecule has 0 atom stereocenters. The first-order chi connectivity index (χ1) is 7.79. The number of aromatic nitrogens is 5. The SMILES string of the molecule is CCNc1nccn1CCc1ncn(C)n1. The normalized spacial score (nSPS) is 10.6. The van der Waals surface area contributed by atoms with E-state index < -0.39 is 0 Å². The van der Waals surface area contributed by atoms with E-state index in [2.05, 4.69) is 31.9 Å². The highest BCUT2D eigenvalue weighted by atomic mass is 15.3. The van der Waals surface area contributed by atoms with Crippen molar-refractivity contribution in [1.82, 2.24) is 24.3 Å². The van der Waals surface area contributed by atoms with Gasteiger partial charge >= 0.3 is 0 Å². The molecule has 2 rings (SSSR count). The molecular formula is C10H16N6. The lowest BCUT2D eigenvalue weighted by molar-refractivity contribution is 0.662. The molecule has 0 aliphatic heterocycles. The van der Waals surface area contributed by atoms with Crippen LogP contribution < -0.4 is 5.32 Å². The van der Waals surface area contributed by atoms with Crippen LogP contribution in [-0.2, 0) is 20.0 Å². The van der Waals surface area contributed by atoms with E-state index >= 15 is 0 Å². The lowest BCUT2D eigenvalue weighted by Crippen LogP contribution is -2.08. The van der Waals surface area contributed by atoms with Crippen molar-refractivity contribution in [2.24, 2.45) is 7.05 Å².